The Hall–Kier alpha value is -2.18. The Morgan fingerprint density at radius 1 is 1.00 bits per heavy atom. The summed E-state index contributed by atoms with van der Waals surface area (Å²) >= 11 is 0. The molecule has 1 rings (SSSR count). The first-order valence-electron chi connectivity index (χ1n) is 4.57. The highest BCUT2D eigenvalue weighted by Crippen LogP contribution is 1.93. The molecule has 0 bridgehead atoms. The Kier molecular flexibility index (Phi) is 7.00. The van der Waals surface area contributed by atoms with Crippen molar-refractivity contribution >= 4 is 23.9 Å². The maximum atomic E-state index is 10.4. The summed E-state index contributed by atoms with van der Waals surface area (Å²) < 4.78 is 12.6. The standard InChI is InChI=1S/C6H10O4.C4H2O3/c1-9-5(7)3-4-6(8)10-2;5-3-1-2-4(6)7-3/h3-4H2,1-2H3;1-2H. The maximum Gasteiger partial charge on any atom is 0.338 e. The predicted molar refractivity (Wildman–Crippen MR) is 53.5 cm³/mol. The third-order valence-corrected chi connectivity index (χ3v) is 1.55. The van der Waals surface area contributed by atoms with Gasteiger partial charge in [-0.05, 0) is 0 Å². The molecule has 0 saturated carbocycles. The van der Waals surface area contributed by atoms with Crippen LogP contribution < -0.4 is 0 Å². The quantitative estimate of drug-likeness (QED) is 0.383. The lowest BCUT2D eigenvalue weighted by Crippen LogP contribution is -2.06. The van der Waals surface area contributed by atoms with Gasteiger partial charge in [0.05, 0.1) is 27.1 Å². The van der Waals surface area contributed by atoms with E-state index in [4.69, 9.17) is 0 Å². The first-order valence-corrected chi connectivity index (χ1v) is 4.57. The van der Waals surface area contributed by atoms with E-state index in [0.29, 0.717) is 0 Å². The van der Waals surface area contributed by atoms with Crippen LogP contribution in [0.5, 0.6) is 0 Å². The molecule has 0 atom stereocenters. The molecule has 1 aliphatic heterocycles. The minimum Gasteiger partial charge on any atom is -0.469 e. The molecule has 0 unspecified atom stereocenters. The van der Waals surface area contributed by atoms with Crippen LogP contribution in [0.2, 0.25) is 0 Å². The molecule has 0 amide bonds. The second-order valence-electron chi connectivity index (χ2n) is 2.73. The van der Waals surface area contributed by atoms with Gasteiger partial charge < -0.3 is 14.2 Å². The van der Waals surface area contributed by atoms with E-state index in [-0.39, 0.29) is 12.8 Å². The van der Waals surface area contributed by atoms with Crippen molar-refractivity contribution in [1.29, 1.82) is 0 Å². The van der Waals surface area contributed by atoms with Gasteiger partial charge in [-0.3, -0.25) is 9.59 Å². The molecule has 17 heavy (non-hydrogen) atoms. The molecule has 94 valence electrons. The number of esters is 4. The number of ether oxygens (including phenoxy) is 3. The fourth-order valence-electron chi connectivity index (χ4n) is 0.712. The van der Waals surface area contributed by atoms with Crippen LogP contribution >= 0.6 is 0 Å². The number of methoxy groups -OCH3 is 2. The molecule has 0 aromatic heterocycles. The van der Waals surface area contributed by atoms with Crippen LogP contribution in [0.3, 0.4) is 0 Å². The molecule has 0 aromatic carbocycles. The Bertz CT molecular complexity index is 311. The summed E-state index contributed by atoms with van der Waals surface area (Å²) in [4.78, 5) is 40.7. The molecule has 0 N–H and O–H groups in total. The first kappa shape index (κ1) is 14.8. The Morgan fingerprint density at radius 3 is 1.53 bits per heavy atom. The van der Waals surface area contributed by atoms with Crippen molar-refractivity contribution in [2.24, 2.45) is 0 Å². The Morgan fingerprint density at radius 2 is 1.35 bits per heavy atom. The number of carbonyl (C=O) groups excluding carboxylic acids is 4. The van der Waals surface area contributed by atoms with E-state index < -0.39 is 23.9 Å². The highest BCUT2D eigenvalue weighted by molar-refractivity contribution is 6.04. The fraction of sp³-hybridized carbons (Fsp3) is 0.400. The van der Waals surface area contributed by atoms with E-state index in [1.807, 2.05) is 0 Å². The van der Waals surface area contributed by atoms with E-state index in [2.05, 4.69) is 14.2 Å². The lowest BCUT2D eigenvalue weighted by Gasteiger charge is -1.96. The molecular weight excluding hydrogens is 232 g/mol. The van der Waals surface area contributed by atoms with Gasteiger partial charge in [-0.25, -0.2) is 9.59 Å². The number of hydrogen-bond donors (Lipinski definition) is 0. The summed E-state index contributed by atoms with van der Waals surface area (Å²) in [6.45, 7) is 0. The van der Waals surface area contributed by atoms with Gasteiger partial charge in [-0.2, -0.15) is 0 Å². The molecule has 0 aromatic rings. The predicted octanol–water partition coefficient (Wildman–Crippen LogP) is -0.261. The molecule has 1 aliphatic rings. The molecule has 0 saturated heterocycles. The summed E-state index contributed by atoms with van der Waals surface area (Å²) in [5.41, 5.74) is 0. The van der Waals surface area contributed by atoms with Crippen molar-refractivity contribution in [3.05, 3.63) is 12.2 Å². The minimum absolute atomic E-state index is 0.0865. The van der Waals surface area contributed by atoms with Crippen LogP contribution in [-0.4, -0.2) is 38.1 Å². The summed E-state index contributed by atoms with van der Waals surface area (Å²) in [5, 5.41) is 0. The van der Waals surface area contributed by atoms with Gasteiger partial charge in [0.15, 0.2) is 0 Å². The fourth-order valence-corrected chi connectivity index (χ4v) is 0.712. The Labute approximate surface area is 97.3 Å². The summed E-state index contributed by atoms with van der Waals surface area (Å²) in [7, 11) is 2.55. The Balaban J connectivity index is 0.000000318. The zero-order chi connectivity index (χ0) is 13.3. The van der Waals surface area contributed by atoms with Gasteiger partial charge in [0, 0.05) is 12.2 Å². The van der Waals surface area contributed by atoms with Gasteiger partial charge in [-0.1, -0.05) is 0 Å². The summed E-state index contributed by atoms with van der Waals surface area (Å²) in [5.74, 6) is -1.95. The third-order valence-electron chi connectivity index (χ3n) is 1.55. The van der Waals surface area contributed by atoms with Crippen molar-refractivity contribution in [3.8, 4) is 0 Å². The van der Waals surface area contributed by atoms with Crippen LogP contribution in [-0.2, 0) is 33.4 Å². The zero-order valence-corrected chi connectivity index (χ0v) is 9.43. The number of hydrogen-bond acceptors (Lipinski definition) is 7. The van der Waals surface area contributed by atoms with E-state index in [9.17, 15) is 19.2 Å². The second kappa shape index (κ2) is 8.03. The van der Waals surface area contributed by atoms with E-state index in [1.165, 1.54) is 14.2 Å². The van der Waals surface area contributed by atoms with Crippen LogP contribution in [0.1, 0.15) is 12.8 Å². The second-order valence-corrected chi connectivity index (χ2v) is 2.73. The number of carbonyl (C=O) groups is 4. The largest absolute Gasteiger partial charge is 0.469 e. The lowest BCUT2D eigenvalue weighted by molar-refractivity contribution is -0.150. The molecule has 7 nitrogen and oxygen atoms in total. The van der Waals surface area contributed by atoms with Crippen molar-refractivity contribution < 1.29 is 33.4 Å². The molecule has 1 heterocycles. The van der Waals surface area contributed by atoms with E-state index >= 15 is 0 Å². The van der Waals surface area contributed by atoms with Crippen LogP contribution in [0.25, 0.3) is 0 Å². The molecule has 7 heteroatoms. The third kappa shape index (κ3) is 7.71. The molecule has 0 aliphatic carbocycles. The van der Waals surface area contributed by atoms with E-state index in [1.54, 1.807) is 0 Å². The number of rotatable bonds is 3. The summed E-state index contributed by atoms with van der Waals surface area (Å²) in [6, 6.07) is 0. The molecule has 0 radical (unpaired) electrons. The van der Waals surface area contributed by atoms with Crippen molar-refractivity contribution in [1.82, 2.24) is 0 Å². The number of cyclic esters (lactones) is 2. The van der Waals surface area contributed by atoms with Crippen LogP contribution in [0.15, 0.2) is 12.2 Å². The van der Waals surface area contributed by atoms with E-state index in [0.717, 1.165) is 12.2 Å². The van der Waals surface area contributed by atoms with Gasteiger partial charge >= 0.3 is 23.9 Å². The summed E-state index contributed by atoms with van der Waals surface area (Å²) in [6.07, 6.45) is 2.34. The normalized spacial score (nSPS) is 12.4. The zero-order valence-electron chi connectivity index (χ0n) is 9.43. The SMILES string of the molecule is COC(=O)CCC(=O)OC.O=C1C=CC(=O)O1. The smallest absolute Gasteiger partial charge is 0.338 e. The highest BCUT2D eigenvalue weighted by Gasteiger charge is 2.10. The topological polar surface area (TPSA) is 96.0 Å². The highest BCUT2D eigenvalue weighted by atomic mass is 16.6. The monoisotopic (exact) mass is 244 g/mol. The van der Waals surface area contributed by atoms with Gasteiger partial charge in [0.1, 0.15) is 0 Å². The average Bonchev–Trinajstić information content (AvgIpc) is 2.70. The van der Waals surface area contributed by atoms with Gasteiger partial charge in [0.2, 0.25) is 0 Å². The lowest BCUT2D eigenvalue weighted by atomic mass is 10.3. The van der Waals surface area contributed by atoms with Crippen molar-refractivity contribution in [3.63, 3.8) is 0 Å². The maximum absolute atomic E-state index is 10.4. The first-order chi connectivity index (χ1) is 7.99. The van der Waals surface area contributed by atoms with Crippen LogP contribution in [0, 0.1) is 0 Å². The van der Waals surface area contributed by atoms with Gasteiger partial charge in [-0.15, -0.1) is 0 Å². The molecule has 0 spiro atoms. The molecular formula is C10H12O7. The molecule has 0 fully saturated rings. The van der Waals surface area contributed by atoms with Crippen LogP contribution in [0.4, 0.5) is 0 Å². The van der Waals surface area contributed by atoms with Crippen molar-refractivity contribution in [2.45, 2.75) is 12.8 Å². The minimum atomic E-state index is -0.579. The van der Waals surface area contributed by atoms with Gasteiger partial charge in [0.25, 0.3) is 0 Å². The van der Waals surface area contributed by atoms with Crippen molar-refractivity contribution in [2.75, 3.05) is 14.2 Å². The average molecular weight is 244 g/mol.